The Labute approximate surface area is 172 Å². The third-order valence-corrected chi connectivity index (χ3v) is 6.30. The average Bonchev–Trinajstić information content (AvgIpc) is 3.23. The largest absolute Gasteiger partial charge is 0.358 e. The third-order valence-electron chi connectivity index (χ3n) is 6.30. The van der Waals surface area contributed by atoms with Crippen molar-refractivity contribution in [2.45, 2.75) is 57.0 Å². The van der Waals surface area contributed by atoms with Gasteiger partial charge in [-0.05, 0) is 50.3 Å². The van der Waals surface area contributed by atoms with Gasteiger partial charge < -0.3 is 15.1 Å². The van der Waals surface area contributed by atoms with Gasteiger partial charge in [0.1, 0.15) is 12.6 Å². The highest BCUT2D eigenvalue weighted by Crippen LogP contribution is 2.40. The maximum atomic E-state index is 13.3. The summed E-state index contributed by atoms with van der Waals surface area (Å²) in [7, 11) is 3.42. The Morgan fingerprint density at radius 3 is 2.52 bits per heavy atom. The molecule has 0 bridgehead atoms. The lowest BCUT2D eigenvalue weighted by Gasteiger charge is -2.45. The highest BCUT2D eigenvalue weighted by atomic mass is 16.2. The zero-order valence-electron chi connectivity index (χ0n) is 17.3. The van der Waals surface area contributed by atoms with Crippen LogP contribution in [0.4, 0.5) is 11.4 Å². The second-order valence-electron chi connectivity index (χ2n) is 8.58. The minimum Gasteiger partial charge on any atom is -0.358 e. The number of fused-ring (bicyclic) bond motifs is 3. The van der Waals surface area contributed by atoms with Gasteiger partial charge in [0, 0.05) is 32.2 Å². The monoisotopic (exact) mass is 398 g/mol. The lowest BCUT2D eigenvalue weighted by Crippen LogP contribution is -2.57. The van der Waals surface area contributed by atoms with Gasteiger partial charge in [-0.1, -0.05) is 12.8 Å². The number of hydrogen-bond donors (Lipinski definition) is 1. The van der Waals surface area contributed by atoms with Crippen molar-refractivity contribution >= 4 is 29.1 Å². The van der Waals surface area contributed by atoms with Gasteiger partial charge in [-0.15, -0.1) is 0 Å². The SMILES string of the molecule is CN(C)C(=O)c1ccc2c(c1)N(CC(=O)NC1CCCC1)C(=O)[C@H]1CCCCN21. The summed E-state index contributed by atoms with van der Waals surface area (Å²) in [5.74, 6) is -0.269. The fourth-order valence-electron chi connectivity index (χ4n) is 4.80. The van der Waals surface area contributed by atoms with Crippen LogP contribution in [0.25, 0.3) is 0 Å². The fourth-order valence-corrected chi connectivity index (χ4v) is 4.80. The van der Waals surface area contributed by atoms with E-state index >= 15 is 0 Å². The molecule has 7 heteroatoms. The lowest BCUT2D eigenvalue weighted by atomic mass is 9.95. The predicted octanol–water partition coefficient (Wildman–Crippen LogP) is 2.15. The zero-order valence-corrected chi connectivity index (χ0v) is 17.3. The first-order valence-electron chi connectivity index (χ1n) is 10.7. The molecule has 3 amide bonds. The van der Waals surface area contributed by atoms with E-state index in [0.29, 0.717) is 11.3 Å². The first-order chi connectivity index (χ1) is 14.0. The molecule has 0 unspecified atom stereocenters. The minimum atomic E-state index is -0.217. The van der Waals surface area contributed by atoms with Crippen molar-refractivity contribution in [3.8, 4) is 0 Å². The molecule has 1 saturated heterocycles. The topological polar surface area (TPSA) is 73.0 Å². The quantitative estimate of drug-likeness (QED) is 0.844. The molecule has 2 aliphatic heterocycles. The minimum absolute atomic E-state index is 0.00623. The smallest absolute Gasteiger partial charge is 0.253 e. The number of rotatable bonds is 4. The number of amides is 3. The summed E-state index contributed by atoms with van der Waals surface area (Å²) in [5, 5.41) is 3.08. The Kier molecular flexibility index (Phi) is 5.48. The van der Waals surface area contributed by atoms with Gasteiger partial charge in [0.15, 0.2) is 0 Å². The number of benzene rings is 1. The number of nitrogens with zero attached hydrogens (tertiary/aromatic N) is 3. The Morgan fingerprint density at radius 2 is 1.79 bits per heavy atom. The Hall–Kier alpha value is -2.57. The van der Waals surface area contributed by atoms with Crippen LogP contribution in [0.3, 0.4) is 0 Å². The molecule has 156 valence electrons. The summed E-state index contributed by atoms with van der Waals surface area (Å²) in [6.45, 7) is 0.832. The molecule has 7 nitrogen and oxygen atoms in total. The van der Waals surface area contributed by atoms with Crippen molar-refractivity contribution in [2.24, 2.45) is 0 Å². The fraction of sp³-hybridized carbons (Fsp3) is 0.591. The number of hydrogen-bond acceptors (Lipinski definition) is 4. The van der Waals surface area contributed by atoms with E-state index in [1.165, 1.54) is 4.90 Å². The Bertz CT molecular complexity index is 816. The lowest BCUT2D eigenvalue weighted by molar-refractivity contribution is -0.125. The van der Waals surface area contributed by atoms with Gasteiger partial charge in [-0.3, -0.25) is 19.3 Å². The first kappa shape index (κ1) is 19.7. The van der Waals surface area contributed by atoms with Crippen LogP contribution in [0, 0.1) is 0 Å². The van der Waals surface area contributed by atoms with Gasteiger partial charge >= 0.3 is 0 Å². The third kappa shape index (κ3) is 3.82. The van der Waals surface area contributed by atoms with Crippen molar-refractivity contribution in [2.75, 3.05) is 37.0 Å². The molecule has 1 N–H and O–H groups in total. The summed E-state index contributed by atoms with van der Waals surface area (Å²) < 4.78 is 0. The normalized spacial score (nSPS) is 21.6. The molecule has 0 aromatic heterocycles. The molecule has 1 saturated carbocycles. The van der Waals surface area contributed by atoms with E-state index in [1.54, 1.807) is 25.1 Å². The molecule has 1 aromatic carbocycles. The van der Waals surface area contributed by atoms with E-state index in [-0.39, 0.29) is 36.3 Å². The molecule has 2 heterocycles. The molecule has 1 aliphatic carbocycles. The zero-order chi connectivity index (χ0) is 20.5. The van der Waals surface area contributed by atoms with Gasteiger partial charge in [-0.25, -0.2) is 0 Å². The van der Waals surface area contributed by atoms with Crippen LogP contribution in [0.2, 0.25) is 0 Å². The molecule has 0 spiro atoms. The summed E-state index contributed by atoms with van der Waals surface area (Å²) in [4.78, 5) is 43.8. The van der Waals surface area contributed by atoms with Crippen molar-refractivity contribution in [3.63, 3.8) is 0 Å². The highest BCUT2D eigenvalue weighted by Gasteiger charge is 2.40. The van der Waals surface area contributed by atoms with Crippen LogP contribution < -0.4 is 15.1 Å². The number of carbonyl (C=O) groups excluding carboxylic acids is 3. The van der Waals surface area contributed by atoms with Crippen LogP contribution in [-0.2, 0) is 9.59 Å². The van der Waals surface area contributed by atoms with Gasteiger partial charge in [-0.2, -0.15) is 0 Å². The average molecular weight is 399 g/mol. The van der Waals surface area contributed by atoms with Crippen LogP contribution in [-0.4, -0.2) is 61.9 Å². The number of carbonyl (C=O) groups is 3. The van der Waals surface area contributed by atoms with Gasteiger partial charge in [0.05, 0.1) is 11.4 Å². The highest BCUT2D eigenvalue weighted by molar-refractivity contribution is 6.09. The van der Waals surface area contributed by atoms with Crippen LogP contribution in [0.15, 0.2) is 18.2 Å². The molecule has 3 aliphatic rings. The summed E-state index contributed by atoms with van der Waals surface area (Å²) in [6, 6.07) is 5.52. The second-order valence-corrected chi connectivity index (χ2v) is 8.58. The molecule has 2 fully saturated rings. The van der Waals surface area contributed by atoms with Crippen LogP contribution >= 0.6 is 0 Å². The van der Waals surface area contributed by atoms with Crippen LogP contribution in [0.5, 0.6) is 0 Å². The van der Waals surface area contributed by atoms with Crippen molar-refractivity contribution in [1.82, 2.24) is 10.2 Å². The van der Waals surface area contributed by atoms with E-state index in [4.69, 9.17) is 0 Å². The second kappa shape index (κ2) is 8.05. The summed E-state index contributed by atoms with van der Waals surface area (Å²) in [5.41, 5.74) is 2.14. The summed E-state index contributed by atoms with van der Waals surface area (Å²) in [6.07, 6.45) is 7.16. The summed E-state index contributed by atoms with van der Waals surface area (Å²) >= 11 is 0. The predicted molar refractivity (Wildman–Crippen MR) is 112 cm³/mol. The number of anilines is 2. The van der Waals surface area contributed by atoms with Gasteiger partial charge in [0.25, 0.3) is 5.91 Å². The van der Waals surface area contributed by atoms with E-state index in [0.717, 1.165) is 57.2 Å². The Balaban J connectivity index is 1.65. The van der Waals surface area contributed by atoms with E-state index in [9.17, 15) is 14.4 Å². The first-order valence-corrected chi connectivity index (χ1v) is 10.7. The van der Waals surface area contributed by atoms with Crippen LogP contribution in [0.1, 0.15) is 55.3 Å². The van der Waals surface area contributed by atoms with Crippen molar-refractivity contribution in [1.29, 1.82) is 0 Å². The number of piperidine rings is 1. The maximum Gasteiger partial charge on any atom is 0.253 e. The van der Waals surface area contributed by atoms with E-state index < -0.39 is 0 Å². The van der Waals surface area contributed by atoms with Gasteiger partial charge in [0.2, 0.25) is 11.8 Å². The molecule has 0 radical (unpaired) electrons. The Morgan fingerprint density at radius 1 is 1.07 bits per heavy atom. The standard InChI is InChI=1S/C22H30N4O3/c1-24(2)21(28)15-10-11-17-19(13-15)26(14-20(27)23-16-7-3-4-8-16)22(29)18-9-5-6-12-25(17)18/h10-11,13,16,18H,3-9,12,14H2,1-2H3,(H,23,27)/t18-/m1/s1. The van der Waals surface area contributed by atoms with Crippen molar-refractivity contribution < 1.29 is 14.4 Å². The maximum absolute atomic E-state index is 13.3. The number of nitrogens with one attached hydrogen (secondary N) is 1. The van der Waals surface area contributed by atoms with E-state index in [1.807, 2.05) is 12.1 Å². The van der Waals surface area contributed by atoms with E-state index in [2.05, 4.69) is 10.2 Å². The molecule has 29 heavy (non-hydrogen) atoms. The molecule has 4 rings (SSSR count). The van der Waals surface area contributed by atoms with Crippen molar-refractivity contribution in [3.05, 3.63) is 23.8 Å². The molecular formula is C22H30N4O3. The molecular weight excluding hydrogens is 368 g/mol. The molecule has 1 aromatic rings. The molecule has 1 atom stereocenters.